The molecule has 1 aliphatic rings. The fourth-order valence-corrected chi connectivity index (χ4v) is 3.41. The number of urea groups is 1. The van der Waals surface area contributed by atoms with Gasteiger partial charge in [0.25, 0.3) is 0 Å². The van der Waals surface area contributed by atoms with Crippen molar-refractivity contribution in [2.24, 2.45) is 0 Å². The van der Waals surface area contributed by atoms with Gasteiger partial charge in [0.05, 0.1) is 0 Å². The first-order chi connectivity index (χ1) is 14.6. The number of benzene rings is 1. The van der Waals surface area contributed by atoms with Gasteiger partial charge in [-0.05, 0) is 49.2 Å². The number of hydrogen-bond donors (Lipinski definition) is 2. The number of pyridine rings is 1. The normalized spacial score (nSPS) is 15.8. The smallest absolute Gasteiger partial charge is 0.319 e. The zero-order valence-electron chi connectivity index (χ0n) is 16.7. The minimum Gasteiger partial charge on any atom is -0.354 e. The summed E-state index contributed by atoms with van der Waals surface area (Å²) in [6.07, 6.45) is 3.33. The second-order valence-electron chi connectivity index (χ2n) is 7.15. The Kier molecular flexibility index (Phi) is 5.83. The second kappa shape index (κ2) is 8.86. The number of hydrogen-bond acceptors (Lipinski definition) is 5. The Morgan fingerprint density at radius 2 is 2.03 bits per heavy atom. The average molecular weight is 406 g/mol. The molecule has 2 amide bonds. The van der Waals surface area contributed by atoms with Crippen LogP contribution in [0, 0.1) is 5.82 Å². The Labute approximate surface area is 174 Å². The van der Waals surface area contributed by atoms with E-state index in [1.54, 1.807) is 6.20 Å². The van der Waals surface area contributed by atoms with Gasteiger partial charge in [-0.2, -0.15) is 0 Å². The molecule has 30 heavy (non-hydrogen) atoms. The van der Waals surface area contributed by atoms with E-state index >= 15 is 0 Å². The Bertz CT molecular complexity index is 1010. The van der Waals surface area contributed by atoms with Crippen molar-refractivity contribution in [3.05, 3.63) is 66.2 Å². The van der Waals surface area contributed by atoms with E-state index in [4.69, 9.17) is 4.98 Å². The monoisotopic (exact) mass is 406 g/mol. The van der Waals surface area contributed by atoms with Crippen LogP contribution in [-0.2, 0) is 6.42 Å². The summed E-state index contributed by atoms with van der Waals surface area (Å²) in [5.74, 6) is 1.11. The number of amides is 2. The predicted molar refractivity (Wildman–Crippen MR) is 114 cm³/mol. The molecule has 2 N–H and O–H groups in total. The zero-order chi connectivity index (χ0) is 20.9. The number of nitrogens with zero attached hydrogens (tertiary/aromatic N) is 4. The Morgan fingerprint density at radius 3 is 2.77 bits per heavy atom. The van der Waals surface area contributed by atoms with Crippen LogP contribution in [0.2, 0.25) is 0 Å². The van der Waals surface area contributed by atoms with Crippen LogP contribution in [0.4, 0.5) is 20.7 Å². The summed E-state index contributed by atoms with van der Waals surface area (Å²) in [7, 11) is 0. The average Bonchev–Trinajstić information content (AvgIpc) is 3.24. The summed E-state index contributed by atoms with van der Waals surface area (Å²) >= 11 is 0. The molecule has 3 heterocycles. The van der Waals surface area contributed by atoms with E-state index in [9.17, 15) is 9.18 Å². The van der Waals surface area contributed by atoms with Crippen molar-refractivity contribution in [2.45, 2.75) is 25.8 Å². The first kappa shape index (κ1) is 19.8. The quantitative estimate of drug-likeness (QED) is 0.676. The van der Waals surface area contributed by atoms with E-state index in [2.05, 4.69) is 32.4 Å². The van der Waals surface area contributed by atoms with Crippen molar-refractivity contribution >= 4 is 17.5 Å². The molecular weight excluding hydrogens is 383 g/mol. The van der Waals surface area contributed by atoms with E-state index in [-0.39, 0.29) is 17.9 Å². The van der Waals surface area contributed by atoms with Crippen LogP contribution in [0.1, 0.15) is 19.0 Å². The van der Waals surface area contributed by atoms with Gasteiger partial charge in [-0.15, -0.1) is 0 Å². The lowest BCUT2D eigenvalue weighted by molar-refractivity contribution is 0.249. The van der Waals surface area contributed by atoms with Crippen LogP contribution in [-0.4, -0.2) is 40.1 Å². The second-order valence-corrected chi connectivity index (χ2v) is 7.15. The van der Waals surface area contributed by atoms with Crippen molar-refractivity contribution in [3.8, 4) is 11.5 Å². The number of carbonyl (C=O) groups is 1. The van der Waals surface area contributed by atoms with Gasteiger partial charge in [-0.3, -0.25) is 4.98 Å². The van der Waals surface area contributed by atoms with E-state index < -0.39 is 0 Å². The van der Waals surface area contributed by atoms with Crippen LogP contribution < -0.4 is 15.5 Å². The molecule has 8 heteroatoms. The van der Waals surface area contributed by atoms with Crippen molar-refractivity contribution in [1.82, 2.24) is 20.3 Å². The lowest BCUT2D eigenvalue weighted by Gasteiger charge is -2.19. The molecule has 0 aliphatic carbocycles. The molecule has 1 unspecified atom stereocenters. The fraction of sp³-hybridized carbons (Fsp3) is 0.273. The highest BCUT2D eigenvalue weighted by Crippen LogP contribution is 2.23. The zero-order valence-corrected chi connectivity index (χ0v) is 16.7. The molecular formula is C22H23FN6O. The van der Waals surface area contributed by atoms with Gasteiger partial charge < -0.3 is 15.5 Å². The number of aryl methyl sites for hydroxylation is 1. The fourth-order valence-electron chi connectivity index (χ4n) is 3.41. The van der Waals surface area contributed by atoms with E-state index in [1.807, 2.05) is 24.3 Å². The molecule has 0 saturated carbocycles. The molecule has 0 bridgehead atoms. The first-order valence-corrected chi connectivity index (χ1v) is 9.98. The van der Waals surface area contributed by atoms with Gasteiger partial charge in [0.1, 0.15) is 17.3 Å². The Morgan fingerprint density at radius 1 is 1.20 bits per heavy atom. The van der Waals surface area contributed by atoms with Gasteiger partial charge in [0.2, 0.25) is 0 Å². The summed E-state index contributed by atoms with van der Waals surface area (Å²) in [5, 5.41) is 5.71. The van der Waals surface area contributed by atoms with E-state index in [0.717, 1.165) is 36.6 Å². The Balaban J connectivity index is 1.42. The van der Waals surface area contributed by atoms with Gasteiger partial charge >= 0.3 is 6.03 Å². The molecule has 1 fully saturated rings. The molecule has 4 rings (SSSR count). The molecule has 0 spiro atoms. The van der Waals surface area contributed by atoms with Crippen LogP contribution in [0.25, 0.3) is 11.5 Å². The highest BCUT2D eigenvalue weighted by Gasteiger charge is 2.25. The van der Waals surface area contributed by atoms with Crippen molar-refractivity contribution in [1.29, 1.82) is 0 Å². The molecule has 3 aromatic rings. The maximum atomic E-state index is 13.0. The summed E-state index contributed by atoms with van der Waals surface area (Å²) in [6, 6.07) is 13.0. The number of anilines is 2. The molecule has 1 saturated heterocycles. The van der Waals surface area contributed by atoms with Gasteiger partial charge in [-0.25, -0.2) is 19.2 Å². The maximum absolute atomic E-state index is 13.0. The molecule has 7 nitrogen and oxygen atoms in total. The largest absolute Gasteiger partial charge is 0.354 e. The summed E-state index contributed by atoms with van der Waals surface area (Å²) < 4.78 is 13.0. The lowest BCUT2D eigenvalue weighted by Crippen LogP contribution is -2.39. The van der Waals surface area contributed by atoms with Crippen LogP contribution in [0.15, 0.2) is 54.7 Å². The molecule has 1 aliphatic heterocycles. The third kappa shape index (κ3) is 4.71. The number of aromatic nitrogens is 3. The third-order valence-corrected chi connectivity index (χ3v) is 4.97. The molecule has 0 radical (unpaired) electrons. The summed E-state index contributed by atoms with van der Waals surface area (Å²) in [5.41, 5.74) is 2.24. The lowest BCUT2D eigenvalue weighted by atomic mass is 10.2. The van der Waals surface area contributed by atoms with Gasteiger partial charge in [0.15, 0.2) is 5.82 Å². The van der Waals surface area contributed by atoms with Gasteiger partial charge in [-0.1, -0.05) is 13.0 Å². The number of carbonyl (C=O) groups excluding carboxylic acids is 1. The minimum absolute atomic E-state index is 0.0104. The van der Waals surface area contributed by atoms with E-state index in [1.165, 1.54) is 24.3 Å². The molecule has 1 aromatic carbocycles. The van der Waals surface area contributed by atoms with Crippen molar-refractivity contribution in [2.75, 3.05) is 23.3 Å². The van der Waals surface area contributed by atoms with Crippen LogP contribution >= 0.6 is 0 Å². The SMILES string of the molecule is CCc1cc(N2CCC(NC(=O)Nc3ccc(F)cc3)C2)nc(-c2ccccn2)n1. The molecule has 1 atom stereocenters. The minimum atomic E-state index is -0.339. The third-order valence-electron chi connectivity index (χ3n) is 4.97. The first-order valence-electron chi connectivity index (χ1n) is 9.98. The summed E-state index contributed by atoms with van der Waals surface area (Å²) in [4.78, 5) is 28.1. The van der Waals surface area contributed by atoms with Crippen molar-refractivity contribution < 1.29 is 9.18 Å². The summed E-state index contributed by atoms with van der Waals surface area (Å²) in [6.45, 7) is 3.49. The number of nitrogens with one attached hydrogen (secondary N) is 2. The topological polar surface area (TPSA) is 83.0 Å². The standard InChI is InChI=1S/C22H23FN6O/c1-2-16-13-20(28-21(25-16)19-5-3-4-11-24-19)29-12-10-18(14-29)27-22(30)26-17-8-6-15(23)7-9-17/h3-9,11,13,18H,2,10,12,14H2,1H3,(H2,26,27,30). The number of halogens is 1. The van der Waals surface area contributed by atoms with Gasteiger partial charge in [0, 0.05) is 42.8 Å². The Hall–Kier alpha value is -3.55. The maximum Gasteiger partial charge on any atom is 0.319 e. The number of rotatable bonds is 5. The van der Waals surface area contributed by atoms with Crippen molar-refractivity contribution in [3.63, 3.8) is 0 Å². The van der Waals surface area contributed by atoms with E-state index in [0.29, 0.717) is 18.1 Å². The van der Waals surface area contributed by atoms with Crippen LogP contribution in [0.3, 0.4) is 0 Å². The predicted octanol–water partition coefficient (Wildman–Crippen LogP) is 3.64. The molecule has 2 aromatic heterocycles. The van der Waals surface area contributed by atoms with Crippen LogP contribution in [0.5, 0.6) is 0 Å². The highest BCUT2D eigenvalue weighted by atomic mass is 19.1. The molecule has 154 valence electrons. The highest BCUT2D eigenvalue weighted by molar-refractivity contribution is 5.89.